The van der Waals surface area contributed by atoms with E-state index in [0.717, 1.165) is 50.3 Å². The summed E-state index contributed by atoms with van der Waals surface area (Å²) in [6.07, 6.45) is 12.3. The molecule has 0 radical (unpaired) electrons. The third-order valence-electron chi connectivity index (χ3n) is 4.80. The Kier molecular flexibility index (Phi) is 9.40. The Morgan fingerprint density at radius 1 is 0.893 bits per heavy atom. The highest BCUT2D eigenvalue weighted by molar-refractivity contribution is 6.56. The van der Waals surface area contributed by atoms with Gasteiger partial charge in [-0.1, -0.05) is 80.5 Å². The number of rotatable bonds is 13. The molecule has 1 heterocycles. The lowest BCUT2D eigenvalue weighted by atomic mass is 10.0. The molecular formula is C20H32N4O3Si. The van der Waals surface area contributed by atoms with E-state index >= 15 is 0 Å². The maximum atomic E-state index is 8.95. The molecule has 0 fully saturated rings. The summed E-state index contributed by atoms with van der Waals surface area (Å²) < 4.78 is 0. The van der Waals surface area contributed by atoms with Gasteiger partial charge in [-0.15, -0.1) is 5.11 Å². The van der Waals surface area contributed by atoms with Gasteiger partial charge in [-0.2, -0.15) is 0 Å². The Labute approximate surface area is 168 Å². The second-order valence-electron chi connectivity index (χ2n) is 7.23. The smallest absolute Gasteiger partial charge is 0.390 e. The molecule has 8 heteroatoms. The highest BCUT2D eigenvalue weighted by Crippen LogP contribution is 2.33. The lowest BCUT2D eigenvalue weighted by Gasteiger charge is -2.21. The molecule has 0 amide bonds. The number of benzene rings is 1. The molecule has 0 spiro atoms. The van der Waals surface area contributed by atoms with Crippen LogP contribution in [-0.2, 0) is 0 Å². The number of hydrogen-bond acceptors (Lipinski definition) is 7. The summed E-state index contributed by atoms with van der Waals surface area (Å²) in [6, 6.07) is 11.1. The third-order valence-corrected chi connectivity index (χ3v) is 5.83. The zero-order valence-electron chi connectivity index (χ0n) is 16.4. The fourth-order valence-corrected chi connectivity index (χ4v) is 4.03. The van der Waals surface area contributed by atoms with Crippen molar-refractivity contribution in [2.24, 2.45) is 16.1 Å². The van der Waals surface area contributed by atoms with Crippen LogP contribution in [0.15, 0.2) is 46.4 Å². The maximum Gasteiger partial charge on any atom is 0.492 e. The number of unbranched alkanes of at least 4 members (excludes halogenated alkanes) is 8. The van der Waals surface area contributed by atoms with Crippen LogP contribution in [0, 0.1) is 12.2 Å². The molecule has 0 aromatic heterocycles. The van der Waals surface area contributed by atoms with Crippen molar-refractivity contribution in [3.05, 3.63) is 53.8 Å². The van der Waals surface area contributed by atoms with Crippen molar-refractivity contribution in [1.29, 1.82) is 0 Å². The van der Waals surface area contributed by atoms with Gasteiger partial charge in [0.2, 0.25) is 0 Å². The Morgan fingerprint density at radius 2 is 1.46 bits per heavy atom. The molecule has 154 valence electrons. The SMILES string of the molecule is N[C+]=C1N=NN(CCCCCCCCCCC[Si](O)(O)O)[C-]1c1ccccc1. The summed E-state index contributed by atoms with van der Waals surface area (Å²) in [5, 5.41) is 10.3. The molecule has 0 unspecified atom stereocenters. The van der Waals surface area contributed by atoms with Gasteiger partial charge in [0.1, 0.15) is 6.04 Å². The van der Waals surface area contributed by atoms with Crippen LogP contribution in [0.1, 0.15) is 63.4 Å². The van der Waals surface area contributed by atoms with Gasteiger partial charge in [0.15, 0.2) is 5.70 Å². The van der Waals surface area contributed by atoms with E-state index < -0.39 is 8.80 Å². The average Bonchev–Trinajstić information content (AvgIpc) is 3.09. The minimum atomic E-state index is -3.82. The normalized spacial score (nSPS) is 15.5. The van der Waals surface area contributed by atoms with Crippen LogP contribution in [-0.4, -0.2) is 34.7 Å². The highest BCUT2D eigenvalue weighted by atomic mass is 28.4. The van der Waals surface area contributed by atoms with Crippen molar-refractivity contribution in [2.75, 3.05) is 6.54 Å². The summed E-state index contributed by atoms with van der Waals surface area (Å²) in [6.45, 7) is 0.814. The quantitative estimate of drug-likeness (QED) is 0.174. The fourth-order valence-electron chi connectivity index (χ4n) is 3.31. The van der Waals surface area contributed by atoms with E-state index in [1.807, 2.05) is 35.3 Å². The van der Waals surface area contributed by atoms with Crippen LogP contribution in [0.4, 0.5) is 0 Å². The molecule has 0 saturated heterocycles. The average molecular weight is 405 g/mol. The number of nitrogens with two attached hydrogens (primary N) is 1. The topological polar surface area (TPSA) is 115 Å². The van der Waals surface area contributed by atoms with Crippen molar-refractivity contribution in [1.82, 2.24) is 5.01 Å². The first-order valence-corrected chi connectivity index (χ1v) is 12.2. The van der Waals surface area contributed by atoms with Crippen LogP contribution in [0.25, 0.3) is 0 Å². The van der Waals surface area contributed by atoms with Crippen molar-refractivity contribution in [2.45, 2.75) is 63.8 Å². The molecular weight excluding hydrogens is 372 g/mol. The summed E-state index contributed by atoms with van der Waals surface area (Å²) >= 11 is 0. The Balaban J connectivity index is 1.55. The predicted octanol–water partition coefficient (Wildman–Crippen LogP) is 3.28. The van der Waals surface area contributed by atoms with Crippen molar-refractivity contribution < 1.29 is 14.4 Å². The van der Waals surface area contributed by atoms with Crippen LogP contribution >= 0.6 is 0 Å². The second-order valence-corrected chi connectivity index (χ2v) is 9.28. The molecule has 7 nitrogen and oxygen atoms in total. The van der Waals surface area contributed by atoms with Gasteiger partial charge in [-0.25, -0.2) is 5.01 Å². The zero-order valence-corrected chi connectivity index (χ0v) is 17.4. The minimum Gasteiger partial charge on any atom is -0.390 e. The first kappa shape index (κ1) is 22.3. The summed E-state index contributed by atoms with van der Waals surface area (Å²) in [5.41, 5.74) is 7.21. The summed E-state index contributed by atoms with van der Waals surface area (Å²) in [5.74, 6) is 0. The van der Waals surface area contributed by atoms with Gasteiger partial charge in [0, 0.05) is 18.2 Å². The van der Waals surface area contributed by atoms with Crippen LogP contribution in [0.5, 0.6) is 0 Å². The minimum absolute atomic E-state index is 0.154. The predicted molar refractivity (Wildman–Crippen MR) is 110 cm³/mol. The van der Waals surface area contributed by atoms with E-state index in [4.69, 9.17) is 20.1 Å². The molecule has 28 heavy (non-hydrogen) atoms. The van der Waals surface area contributed by atoms with Crippen molar-refractivity contribution in [3.63, 3.8) is 0 Å². The fraction of sp³-hybridized carbons (Fsp3) is 0.550. The lowest BCUT2D eigenvalue weighted by Crippen LogP contribution is -2.33. The second kappa shape index (κ2) is 11.8. The molecule has 1 aliphatic heterocycles. The van der Waals surface area contributed by atoms with Gasteiger partial charge in [-0.3, -0.25) is 0 Å². The molecule has 0 aliphatic carbocycles. The molecule has 1 aromatic rings. The van der Waals surface area contributed by atoms with Gasteiger partial charge in [0.25, 0.3) is 0 Å². The molecule has 2 rings (SSSR count). The van der Waals surface area contributed by atoms with Gasteiger partial charge in [-0.05, 0) is 19.0 Å². The van der Waals surface area contributed by atoms with Crippen LogP contribution in [0.2, 0.25) is 6.04 Å². The van der Waals surface area contributed by atoms with Crippen LogP contribution < -0.4 is 5.73 Å². The standard InChI is InChI=1S/C20H32N4O3Si/c21-17-19-20(18-13-9-8-10-14-18)24(23-22-19)15-11-6-4-2-1-3-5-7-12-16-28(25,26)27/h8-10,13-14,25-27H,1-7,11-12,15-16,21H2. The molecule has 1 aliphatic rings. The third kappa shape index (κ3) is 7.96. The largest absolute Gasteiger partial charge is 0.492 e. The highest BCUT2D eigenvalue weighted by Gasteiger charge is 2.29. The van der Waals surface area contributed by atoms with E-state index in [0.29, 0.717) is 12.1 Å². The zero-order chi connectivity index (χ0) is 20.2. The Morgan fingerprint density at radius 3 is 2.04 bits per heavy atom. The molecule has 1 aromatic carbocycles. The maximum absolute atomic E-state index is 8.95. The van der Waals surface area contributed by atoms with Crippen molar-refractivity contribution >= 4 is 8.80 Å². The van der Waals surface area contributed by atoms with Gasteiger partial charge >= 0.3 is 8.80 Å². The molecule has 0 atom stereocenters. The molecule has 0 bridgehead atoms. The first-order chi connectivity index (χ1) is 13.5. The molecule has 0 saturated carbocycles. The van der Waals surface area contributed by atoms with E-state index in [1.54, 1.807) is 0 Å². The van der Waals surface area contributed by atoms with E-state index in [2.05, 4.69) is 16.5 Å². The van der Waals surface area contributed by atoms with Gasteiger partial charge in [0.05, 0.1) is 0 Å². The lowest BCUT2D eigenvalue weighted by molar-refractivity contribution is 0.226. The summed E-state index contributed by atoms with van der Waals surface area (Å²) in [7, 11) is -3.82. The van der Waals surface area contributed by atoms with E-state index in [-0.39, 0.29) is 6.04 Å². The first-order valence-electron chi connectivity index (χ1n) is 10.1. The molecule has 5 N–H and O–H groups in total. The monoisotopic (exact) mass is 404 g/mol. The van der Waals surface area contributed by atoms with E-state index in [1.165, 1.54) is 19.3 Å². The van der Waals surface area contributed by atoms with Gasteiger partial charge < -0.3 is 20.1 Å². The Bertz CT molecular complexity index is 620. The Hall–Kier alpha value is -1.96. The van der Waals surface area contributed by atoms with Crippen molar-refractivity contribution in [3.8, 4) is 0 Å². The number of hydrogen-bond donors (Lipinski definition) is 4. The number of nitrogens with zero attached hydrogens (tertiary/aromatic N) is 3. The van der Waals surface area contributed by atoms with Crippen LogP contribution in [0.3, 0.4) is 0 Å². The van der Waals surface area contributed by atoms with E-state index in [9.17, 15) is 0 Å². The summed E-state index contributed by atoms with van der Waals surface area (Å²) in [4.78, 5) is 26.9.